The third kappa shape index (κ3) is 7.23. The van der Waals surface area contributed by atoms with Gasteiger partial charge in [-0.25, -0.2) is 0 Å². The number of nitrogens with zero attached hydrogens (tertiary/aromatic N) is 1. The molecule has 6 nitrogen and oxygen atoms in total. The molecule has 184 valence electrons. The Morgan fingerprint density at radius 3 is 2.23 bits per heavy atom. The molecule has 0 saturated carbocycles. The molecule has 0 unspecified atom stereocenters. The Morgan fingerprint density at radius 1 is 0.914 bits per heavy atom. The van der Waals surface area contributed by atoms with Gasteiger partial charge in [-0.15, -0.1) is 0 Å². The Morgan fingerprint density at radius 2 is 1.57 bits per heavy atom. The molecule has 0 spiro atoms. The molecule has 4 rings (SSSR count). The van der Waals surface area contributed by atoms with E-state index in [1.807, 2.05) is 54.6 Å². The van der Waals surface area contributed by atoms with Gasteiger partial charge in [0.15, 0.2) is 6.29 Å². The zero-order valence-electron chi connectivity index (χ0n) is 20.4. The summed E-state index contributed by atoms with van der Waals surface area (Å²) in [5.41, 5.74) is 5.20. The Balaban J connectivity index is 1.49. The molecule has 1 amide bonds. The molecule has 3 aromatic carbocycles. The standard InChI is InChI=1S/C29H34N2O4/c1-21(33)30-17-22-8-14-26(15-9-22)29-34-27(19-31(2)18-23-6-4-3-5-7-23)16-28(35-29)25-12-10-24(20-32)11-13-25/h3-15,27-29,32H,16-20H2,1-2H3,(H,30,33)/t27-,28+,29+/m0/s1. The quantitative estimate of drug-likeness (QED) is 0.478. The van der Waals surface area contributed by atoms with Gasteiger partial charge in [0.25, 0.3) is 0 Å². The monoisotopic (exact) mass is 474 g/mol. The van der Waals surface area contributed by atoms with Crippen LogP contribution in [0, 0.1) is 0 Å². The molecular formula is C29H34N2O4. The highest BCUT2D eigenvalue weighted by atomic mass is 16.7. The van der Waals surface area contributed by atoms with Gasteiger partial charge in [0.2, 0.25) is 5.91 Å². The molecule has 1 aliphatic rings. The van der Waals surface area contributed by atoms with E-state index in [0.29, 0.717) is 6.54 Å². The van der Waals surface area contributed by atoms with Crippen molar-refractivity contribution in [2.24, 2.45) is 0 Å². The maximum atomic E-state index is 11.2. The molecule has 6 heteroatoms. The van der Waals surface area contributed by atoms with Crippen LogP contribution in [-0.4, -0.2) is 35.6 Å². The first-order valence-corrected chi connectivity index (χ1v) is 12.1. The molecule has 0 bridgehead atoms. The molecule has 0 aromatic heterocycles. The van der Waals surface area contributed by atoms with E-state index in [9.17, 15) is 9.90 Å². The molecule has 1 heterocycles. The van der Waals surface area contributed by atoms with Crippen LogP contribution in [0.25, 0.3) is 0 Å². The highest BCUT2D eigenvalue weighted by Crippen LogP contribution is 2.38. The summed E-state index contributed by atoms with van der Waals surface area (Å²) in [5.74, 6) is -0.0504. The first-order valence-electron chi connectivity index (χ1n) is 12.1. The molecule has 1 fully saturated rings. The summed E-state index contributed by atoms with van der Waals surface area (Å²) in [6, 6.07) is 26.4. The molecule has 1 aliphatic heterocycles. The predicted molar refractivity (Wildman–Crippen MR) is 135 cm³/mol. The zero-order valence-corrected chi connectivity index (χ0v) is 20.4. The van der Waals surface area contributed by atoms with Crippen LogP contribution >= 0.6 is 0 Å². The first kappa shape index (κ1) is 25.1. The molecular weight excluding hydrogens is 440 g/mol. The number of rotatable bonds is 9. The van der Waals surface area contributed by atoms with Crippen molar-refractivity contribution in [2.75, 3.05) is 13.6 Å². The van der Waals surface area contributed by atoms with E-state index in [-0.39, 0.29) is 24.7 Å². The number of carbonyl (C=O) groups excluding carboxylic acids is 1. The minimum absolute atomic E-state index is 0.0102. The fourth-order valence-corrected chi connectivity index (χ4v) is 4.36. The van der Waals surface area contributed by atoms with Crippen molar-refractivity contribution < 1.29 is 19.4 Å². The van der Waals surface area contributed by atoms with Crippen LogP contribution in [-0.2, 0) is 34.0 Å². The van der Waals surface area contributed by atoms with Gasteiger partial charge in [0, 0.05) is 38.5 Å². The van der Waals surface area contributed by atoms with Gasteiger partial charge in [-0.05, 0) is 29.3 Å². The van der Waals surface area contributed by atoms with Crippen molar-refractivity contribution in [3.8, 4) is 0 Å². The first-order chi connectivity index (χ1) is 17.0. The van der Waals surface area contributed by atoms with Crippen LogP contribution in [0.2, 0.25) is 0 Å². The van der Waals surface area contributed by atoms with Gasteiger partial charge in [-0.1, -0.05) is 78.9 Å². The summed E-state index contributed by atoms with van der Waals surface area (Å²) < 4.78 is 12.9. The fraction of sp³-hybridized carbons (Fsp3) is 0.345. The van der Waals surface area contributed by atoms with Gasteiger partial charge in [-0.3, -0.25) is 9.69 Å². The number of carbonyl (C=O) groups is 1. The lowest BCUT2D eigenvalue weighted by molar-refractivity contribution is -0.252. The Kier molecular flexibility index (Phi) is 8.66. The minimum atomic E-state index is -0.490. The molecule has 1 saturated heterocycles. The lowest BCUT2D eigenvalue weighted by Crippen LogP contribution is -2.37. The third-order valence-corrected chi connectivity index (χ3v) is 6.22. The normalized spacial score (nSPS) is 20.1. The molecule has 0 radical (unpaired) electrons. The summed E-state index contributed by atoms with van der Waals surface area (Å²) in [5, 5.41) is 12.2. The van der Waals surface area contributed by atoms with E-state index < -0.39 is 6.29 Å². The summed E-state index contributed by atoms with van der Waals surface area (Å²) in [7, 11) is 2.11. The average molecular weight is 475 g/mol. The number of likely N-dealkylation sites (N-methyl/N-ethyl adjacent to an activating group) is 1. The van der Waals surface area contributed by atoms with Crippen LogP contribution in [0.3, 0.4) is 0 Å². The second-order valence-electron chi connectivity index (χ2n) is 9.18. The maximum Gasteiger partial charge on any atom is 0.217 e. The average Bonchev–Trinajstić information content (AvgIpc) is 2.88. The van der Waals surface area contributed by atoms with Crippen LogP contribution in [0.5, 0.6) is 0 Å². The predicted octanol–water partition coefficient (Wildman–Crippen LogP) is 4.49. The number of hydrogen-bond acceptors (Lipinski definition) is 5. The molecule has 2 N–H and O–H groups in total. The molecule has 3 atom stereocenters. The Labute approximate surface area is 207 Å². The highest BCUT2D eigenvalue weighted by Gasteiger charge is 2.32. The second-order valence-corrected chi connectivity index (χ2v) is 9.18. The Hall–Kier alpha value is -3.03. The smallest absolute Gasteiger partial charge is 0.217 e. The Bertz CT molecular complexity index is 1070. The van der Waals surface area contributed by atoms with Crippen molar-refractivity contribution >= 4 is 5.91 Å². The fourth-order valence-electron chi connectivity index (χ4n) is 4.36. The van der Waals surface area contributed by atoms with Gasteiger partial charge in [0.1, 0.15) is 0 Å². The van der Waals surface area contributed by atoms with Crippen molar-refractivity contribution in [2.45, 2.75) is 51.5 Å². The highest BCUT2D eigenvalue weighted by molar-refractivity contribution is 5.72. The second kappa shape index (κ2) is 12.1. The summed E-state index contributed by atoms with van der Waals surface area (Å²) >= 11 is 0. The number of ether oxygens (including phenoxy) is 2. The van der Waals surface area contributed by atoms with Crippen LogP contribution in [0.4, 0.5) is 0 Å². The van der Waals surface area contributed by atoms with Crippen LogP contribution in [0.1, 0.15) is 53.6 Å². The third-order valence-electron chi connectivity index (χ3n) is 6.22. The number of nitrogens with one attached hydrogen (secondary N) is 1. The van der Waals surface area contributed by atoms with Crippen LogP contribution in [0.15, 0.2) is 78.9 Å². The number of benzene rings is 3. The van der Waals surface area contributed by atoms with Gasteiger partial charge < -0.3 is 19.9 Å². The zero-order chi connectivity index (χ0) is 24.6. The summed E-state index contributed by atoms with van der Waals surface area (Å²) in [6.45, 7) is 3.66. The summed E-state index contributed by atoms with van der Waals surface area (Å²) in [6.07, 6.45) is 0.130. The topological polar surface area (TPSA) is 71.0 Å². The van der Waals surface area contributed by atoms with E-state index in [1.165, 1.54) is 12.5 Å². The lowest BCUT2D eigenvalue weighted by atomic mass is 9.99. The number of hydrogen-bond donors (Lipinski definition) is 2. The maximum absolute atomic E-state index is 11.2. The largest absolute Gasteiger partial charge is 0.392 e. The van der Waals surface area contributed by atoms with E-state index in [2.05, 4.69) is 41.5 Å². The van der Waals surface area contributed by atoms with E-state index in [0.717, 1.165) is 41.8 Å². The van der Waals surface area contributed by atoms with E-state index in [1.54, 1.807) is 0 Å². The lowest BCUT2D eigenvalue weighted by Gasteiger charge is -2.38. The van der Waals surface area contributed by atoms with E-state index >= 15 is 0 Å². The van der Waals surface area contributed by atoms with E-state index in [4.69, 9.17) is 9.47 Å². The molecule has 35 heavy (non-hydrogen) atoms. The minimum Gasteiger partial charge on any atom is -0.392 e. The van der Waals surface area contributed by atoms with Crippen molar-refractivity contribution in [1.29, 1.82) is 0 Å². The molecule has 3 aromatic rings. The van der Waals surface area contributed by atoms with Gasteiger partial charge >= 0.3 is 0 Å². The number of aliphatic hydroxyl groups excluding tert-OH is 1. The van der Waals surface area contributed by atoms with Crippen LogP contribution < -0.4 is 5.32 Å². The number of amides is 1. The van der Waals surface area contributed by atoms with Crippen molar-refractivity contribution in [3.63, 3.8) is 0 Å². The molecule has 0 aliphatic carbocycles. The van der Waals surface area contributed by atoms with Crippen molar-refractivity contribution in [1.82, 2.24) is 10.2 Å². The number of aliphatic hydroxyl groups is 1. The van der Waals surface area contributed by atoms with Gasteiger partial charge in [0.05, 0.1) is 18.8 Å². The van der Waals surface area contributed by atoms with Gasteiger partial charge in [-0.2, -0.15) is 0 Å². The van der Waals surface area contributed by atoms with Crippen molar-refractivity contribution in [3.05, 3.63) is 107 Å². The SMILES string of the molecule is CC(=O)NCc1ccc([C@@H]2O[C@H](CN(C)Cc3ccccc3)C[C@H](c3ccc(CO)cc3)O2)cc1. The summed E-state index contributed by atoms with van der Waals surface area (Å²) in [4.78, 5) is 13.5.